The molecule has 3 aromatic rings. The average molecular weight is 444 g/mol. The molecular weight excluding hydrogens is 426 g/mol. The van der Waals surface area contributed by atoms with Gasteiger partial charge >= 0.3 is 0 Å². The van der Waals surface area contributed by atoms with E-state index in [4.69, 9.17) is 5.10 Å². The summed E-state index contributed by atoms with van der Waals surface area (Å²) in [6.45, 7) is 4.31. The molecule has 26 heavy (non-hydrogen) atoms. The molecule has 0 saturated heterocycles. The molecule has 0 radical (unpaired) electrons. The first-order chi connectivity index (χ1) is 12.7. The summed E-state index contributed by atoms with van der Waals surface area (Å²) in [7, 11) is 0. The Morgan fingerprint density at radius 1 is 1.23 bits per heavy atom. The highest BCUT2D eigenvalue weighted by atomic mass is 79.9. The van der Waals surface area contributed by atoms with Gasteiger partial charge in [-0.05, 0) is 36.1 Å². The molecule has 0 N–H and O–H groups in total. The Balaban J connectivity index is 2.03. The molecule has 0 aliphatic carbocycles. The van der Waals surface area contributed by atoms with Gasteiger partial charge < -0.3 is 0 Å². The van der Waals surface area contributed by atoms with Gasteiger partial charge in [-0.15, -0.1) is 29.7 Å². The van der Waals surface area contributed by atoms with Crippen molar-refractivity contribution in [1.29, 1.82) is 0 Å². The fraction of sp³-hybridized carbons (Fsp3) is 0.100. The van der Waals surface area contributed by atoms with Crippen molar-refractivity contribution in [2.45, 2.75) is 4.90 Å². The highest BCUT2D eigenvalue weighted by molar-refractivity contribution is 9.10. The Labute approximate surface area is 170 Å². The van der Waals surface area contributed by atoms with Gasteiger partial charge in [-0.2, -0.15) is 5.10 Å². The SMILES string of the molecule is C=CCN=c1scc(-c2cccc(Br)c2)n1/N=C/c1ccc(SC)cc1. The van der Waals surface area contributed by atoms with E-state index in [1.54, 1.807) is 29.2 Å². The number of rotatable bonds is 6. The molecule has 0 atom stereocenters. The summed E-state index contributed by atoms with van der Waals surface area (Å²) in [5.41, 5.74) is 3.15. The van der Waals surface area contributed by atoms with E-state index in [2.05, 4.69) is 75.5 Å². The Morgan fingerprint density at radius 2 is 2.04 bits per heavy atom. The van der Waals surface area contributed by atoms with E-state index in [0.29, 0.717) is 6.54 Å². The van der Waals surface area contributed by atoms with Crippen LogP contribution >= 0.6 is 39.0 Å². The van der Waals surface area contributed by atoms with Gasteiger partial charge in [-0.25, -0.2) is 4.68 Å². The quantitative estimate of drug-likeness (QED) is 0.274. The lowest BCUT2D eigenvalue weighted by molar-refractivity contribution is 0.840. The van der Waals surface area contributed by atoms with Crippen LogP contribution < -0.4 is 4.80 Å². The number of thioether (sulfide) groups is 1. The zero-order valence-corrected chi connectivity index (χ0v) is 17.5. The van der Waals surface area contributed by atoms with Crippen molar-refractivity contribution in [3.63, 3.8) is 0 Å². The monoisotopic (exact) mass is 443 g/mol. The maximum absolute atomic E-state index is 4.70. The number of aromatic nitrogens is 1. The number of halogens is 1. The molecule has 0 aliphatic rings. The molecule has 3 nitrogen and oxygen atoms in total. The summed E-state index contributed by atoms with van der Waals surface area (Å²) in [6, 6.07) is 16.5. The third kappa shape index (κ3) is 4.63. The maximum atomic E-state index is 4.70. The van der Waals surface area contributed by atoms with Gasteiger partial charge in [0.2, 0.25) is 4.80 Å². The van der Waals surface area contributed by atoms with Crippen LogP contribution in [-0.4, -0.2) is 23.7 Å². The standard InChI is InChI=1S/C20H18BrN3S2/c1-3-11-22-20-24(23-13-15-7-9-18(25-2)10-8-15)19(14-26-20)16-5-4-6-17(21)12-16/h3-10,12-14H,1,11H2,2H3/b22-20?,23-13+. The first kappa shape index (κ1) is 18.9. The largest absolute Gasteiger partial charge is 0.253 e. The lowest BCUT2D eigenvalue weighted by Crippen LogP contribution is -2.12. The van der Waals surface area contributed by atoms with Crippen molar-refractivity contribution < 1.29 is 0 Å². The summed E-state index contributed by atoms with van der Waals surface area (Å²) in [6.07, 6.45) is 5.72. The van der Waals surface area contributed by atoms with E-state index in [1.807, 2.05) is 23.0 Å². The van der Waals surface area contributed by atoms with Gasteiger partial charge in [0.15, 0.2) is 0 Å². The number of nitrogens with zero attached hydrogens (tertiary/aromatic N) is 3. The van der Waals surface area contributed by atoms with Crippen LogP contribution in [0.5, 0.6) is 0 Å². The molecule has 0 spiro atoms. The molecule has 6 heteroatoms. The van der Waals surface area contributed by atoms with Crippen LogP contribution in [0.1, 0.15) is 5.56 Å². The molecule has 0 aliphatic heterocycles. The lowest BCUT2D eigenvalue weighted by atomic mass is 10.2. The fourth-order valence-electron chi connectivity index (χ4n) is 2.32. The topological polar surface area (TPSA) is 29.6 Å². The minimum atomic E-state index is 0.566. The number of hydrogen-bond donors (Lipinski definition) is 0. The minimum Gasteiger partial charge on any atom is -0.253 e. The zero-order chi connectivity index (χ0) is 18.4. The smallest absolute Gasteiger partial charge is 0.206 e. The number of benzene rings is 2. The van der Waals surface area contributed by atoms with E-state index in [1.165, 1.54) is 4.90 Å². The second kappa shape index (κ2) is 9.16. The van der Waals surface area contributed by atoms with Crippen LogP contribution in [0.15, 0.2) is 86.0 Å². The molecule has 3 rings (SSSR count). The van der Waals surface area contributed by atoms with Gasteiger partial charge in [0.25, 0.3) is 0 Å². The highest BCUT2D eigenvalue weighted by Crippen LogP contribution is 2.23. The Hall–Kier alpha value is -1.89. The summed E-state index contributed by atoms with van der Waals surface area (Å²) in [5.74, 6) is 0. The normalized spacial score (nSPS) is 12.0. The van der Waals surface area contributed by atoms with Crippen molar-refractivity contribution in [3.05, 3.63) is 81.4 Å². The molecule has 0 amide bonds. The Kier molecular flexibility index (Phi) is 6.66. The average Bonchev–Trinajstić information content (AvgIpc) is 3.08. The predicted octanol–water partition coefficient (Wildman–Crippen LogP) is 5.67. The Morgan fingerprint density at radius 3 is 2.73 bits per heavy atom. The molecule has 2 aromatic carbocycles. The van der Waals surface area contributed by atoms with Crippen LogP contribution in [0.25, 0.3) is 11.3 Å². The first-order valence-electron chi connectivity index (χ1n) is 7.97. The summed E-state index contributed by atoms with van der Waals surface area (Å²) < 4.78 is 2.92. The molecule has 1 aromatic heterocycles. The number of hydrogen-bond acceptors (Lipinski definition) is 4. The van der Waals surface area contributed by atoms with E-state index in [-0.39, 0.29) is 0 Å². The van der Waals surface area contributed by atoms with E-state index in [9.17, 15) is 0 Å². The molecule has 0 unspecified atom stereocenters. The Bertz CT molecular complexity index is 985. The molecule has 0 fully saturated rings. The van der Waals surface area contributed by atoms with Crippen molar-refractivity contribution >= 4 is 45.2 Å². The van der Waals surface area contributed by atoms with E-state index in [0.717, 1.165) is 26.1 Å². The van der Waals surface area contributed by atoms with E-state index < -0.39 is 0 Å². The van der Waals surface area contributed by atoms with Gasteiger partial charge in [0, 0.05) is 20.3 Å². The predicted molar refractivity (Wildman–Crippen MR) is 117 cm³/mol. The zero-order valence-electron chi connectivity index (χ0n) is 14.3. The fourth-order valence-corrected chi connectivity index (χ4v) is 3.98. The second-order valence-corrected chi connectivity index (χ2v) is 8.00. The third-order valence-corrected chi connectivity index (χ3v) is 5.69. The molecular formula is C20H18BrN3S2. The van der Waals surface area contributed by atoms with Crippen LogP contribution in [0.4, 0.5) is 0 Å². The van der Waals surface area contributed by atoms with Crippen LogP contribution in [-0.2, 0) is 0 Å². The first-order valence-corrected chi connectivity index (χ1v) is 10.9. The number of thiazole rings is 1. The molecule has 132 valence electrons. The van der Waals surface area contributed by atoms with Crippen LogP contribution in [0.3, 0.4) is 0 Å². The van der Waals surface area contributed by atoms with Crippen LogP contribution in [0, 0.1) is 0 Å². The summed E-state index contributed by atoms with van der Waals surface area (Å²) in [4.78, 5) is 6.65. The maximum Gasteiger partial charge on any atom is 0.206 e. The van der Waals surface area contributed by atoms with E-state index >= 15 is 0 Å². The van der Waals surface area contributed by atoms with Crippen molar-refractivity contribution in [1.82, 2.24) is 4.68 Å². The minimum absolute atomic E-state index is 0.566. The van der Waals surface area contributed by atoms with Gasteiger partial charge in [-0.1, -0.05) is 46.3 Å². The molecule has 0 saturated carbocycles. The van der Waals surface area contributed by atoms with Gasteiger partial charge in [0.1, 0.15) is 0 Å². The third-order valence-electron chi connectivity index (χ3n) is 3.60. The lowest BCUT2D eigenvalue weighted by Gasteiger charge is -2.04. The summed E-state index contributed by atoms with van der Waals surface area (Å²) >= 11 is 6.84. The van der Waals surface area contributed by atoms with Gasteiger partial charge in [0.05, 0.1) is 18.5 Å². The van der Waals surface area contributed by atoms with Crippen molar-refractivity contribution in [2.75, 3.05) is 12.8 Å². The summed E-state index contributed by atoms with van der Waals surface area (Å²) in [5, 5.41) is 6.78. The highest BCUT2D eigenvalue weighted by Gasteiger charge is 2.07. The van der Waals surface area contributed by atoms with Crippen molar-refractivity contribution in [3.8, 4) is 11.3 Å². The second-order valence-electron chi connectivity index (χ2n) is 5.37. The molecule has 0 bridgehead atoms. The molecule has 1 heterocycles. The van der Waals surface area contributed by atoms with Gasteiger partial charge in [-0.3, -0.25) is 4.99 Å². The van der Waals surface area contributed by atoms with Crippen LogP contribution in [0.2, 0.25) is 0 Å². The van der Waals surface area contributed by atoms with Crippen molar-refractivity contribution in [2.24, 2.45) is 10.1 Å².